The van der Waals surface area contributed by atoms with Gasteiger partial charge < -0.3 is 44.8 Å². The summed E-state index contributed by atoms with van der Waals surface area (Å²) in [6, 6.07) is 11.3. The molecular weight excluding hydrogens is 871 g/mol. The molecule has 4 aliphatic carbocycles. The van der Waals surface area contributed by atoms with Crippen LogP contribution < -0.4 is 15.0 Å². The van der Waals surface area contributed by atoms with Gasteiger partial charge in [-0.3, -0.25) is 19.4 Å². The number of carbonyl (C=O) groups excluding carboxylic acids is 3. The maximum absolute atomic E-state index is 15.5. The monoisotopic (exact) mass is 946 g/mol. The zero-order valence-electron chi connectivity index (χ0n) is 41.8. The molecule has 2 aromatic carbocycles. The van der Waals surface area contributed by atoms with Crippen molar-refractivity contribution in [3.8, 4) is 5.75 Å². The number of rotatable bonds is 11. The fraction of sp³-hybridized carbons (Fsp3) is 0.661. The molecule has 13 nitrogen and oxygen atoms in total. The number of hydrogen-bond acceptors (Lipinski definition) is 11. The third kappa shape index (κ3) is 6.54. The molecule has 1 spiro atoms. The molecule has 6 fully saturated rings. The van der Waals surface area contributed by atoms with Crippen molar-refractivity contribution in [1.82, 2.24) is 20.1 Å². The number of esters is 1. The molecule has 9 aliphatic rings. The van der Waals surface area contributed by atoms with Gasteiger partial charge in [0.05, 0.1) is 25.9 Å². The van der Waals surface area contributed by atoms with Crippen LogP contribution in [-0.2, 0) is 36.4 Å². The molecule has 5 unspecified atom stereocenters. The molecule has 3 aromatic rings. The quantitative estimate of drug-likeness (QED) is 0.112. The van der Waals surface area contributed by atoms with E-state index in [2.05, 4.69) is 57.4 Å². The summed E-state index contributed by atoms with van der Waals surface area (Å²) in [5.41, 5.74) is -1.21. The Bertz CT molecular complexity index is 2590. The van der Waals surface area contributed by atoms with Crippen LogP contribution in [0.2, 0.25) is 0 Å². The van der Waals surface area contributed by atoms with Crippen molar-refractivity contribution in [1.29, 1.82) is 0 Å². The Balaban J connectivity index is 1.07. The average molecular weight is 946 g/mol. The normalized spacial score (nSPS) is 39.7. The highest BCUT2D eigenvalue weighted by atomic mass is 16.5. The molecule has 12 rings (SSSR count). The number of H-pyrrole nitrogens is 1. The maximum atomic E-state index is 15.5. The molecule has 1 amide bonds. The predicted octanol–water partition coefficient (Wildman–Crippen LogP) is 6.07. The van der Waals surface area contributed by atoms with Gasteiger partial charge in [-0.05, 0) is 137 Å². The molecule has 0 radical (unpaired) electrons. The summed E-state index contributed by atoms with van der Waals surface area (Å²) in [5, 5.41) is 43.4. The Hall–Kier alpha value is -4.27. The number of likely N-dealkylation sites (N-methyl/N-ethyl adjacent to an activating group) is 1. The number of nitrogens with zero attached hydrogens (tertiary/aromatic N) is 3. The Labute approximate surface area is 407 Å². The highest BCUT2D eigenvalue weighted by Crippen LogP contribution is 2.68. The number of para-hydroxylation sites is 1. The number of Topliss-reactive ketones (excluding diaryl/α,β-unsaturated/α-hetero) is 1. The van der Waals surface area contributed by atoms with E-state index in [1.54, 1.807) is 14.0 Å². The van der Waals surface area contributed by atoms with E-state index >= 15 is 9.59 Å². The number of aromatic amines is 1. The van der Waals surface area contributed by atoms with Crippen molar-refractivity contribution >= 4 is 34.3 Å². The van der Waals surface area contributed by atoms with Crippen molar-refractivity contribution in [3.63, 3.8) is 0 Å². The summed E-state index contributed by atoms with van der Waals surface area (Å²) in [6.45, 7) is 9.59. The summed E-state index contributed by atoms with van der Waals surface area (Å²) in [4.78, 5) is 53.7. The number of carbonyl (C=O) groups is 3. The number of anilines is 1. The first-order valence-corrected chi connectivity index (χ1v) is 26.2. The summed E-state index contributed by atoms with van der Waals surface area (Å²) < 4.78 is 12.5. The van der Waals surface area contributed by atoms with Crippen LogP contribution in [0.15, 0.2) is 48.6 Å². The lowest BCUT2D eigenvalue weighted by molar-refractivity contribution is -0.204. The lowest BCUT2D eigenvalue weighted by atomic mass is 9.47. The predicted molar refractivity (Wildman–Crippen MR) is 264 cm³/mol. The molecule has 13 heteroatoms. The average Bonchev–Trinajstić information content (AvgIpc) is 4.03. The highest BCUT2D eigenvalue weighted by molar-refractivity contribution is 5.95. The molecule has 69 heavy (non-hydrogen) atoms. The molecular formula is C56H75N5O8. The van der Waals surface area contributed by atoms with E-state index in [-0.39, 0.29) is 28.6 Å². The minimum atomic E-state index is -2.24. The SMILES string of the molecule is CC[C@]1(O)CC2CN(CCc3c([nH]c4ccccc34)[C@@](C(=O)OC)(c3cc4c(cc3OC)N(C)C3C45CCN4CC=C[C@](CC)(C45)[C@@H](O)[C@]3(O)C(=O)NCC34CCC(CCC(C)=O)(CC3)CC4)C2)C1. The second-order valence-corrected chi connectivity index (χ2v) is 23.5. The van der Waals surface area contributed by atoms with E-state index in [9.17, 15) is 20.1 Å². The van der Waals surface area contributed by atoms with Crippen molar-refractivity contribution in [2.24, 2.45) is 22.2 Å². The molecule has 4 saturated carbocycles. The Kier molecular flexibility index (Phi) is 11.2. The zero-order chi connectivity index (χ0) is 48.5. The van der Waals surface area contributed by atoms with Crippen molar-refractivity contribution in [2.45, 2.75) is 151 Å². The minimum Gasteiger partial charge on any atom is -0.496 e. The number of benzene rings is 2. The number of piperidine rings is 1. The van der Waals surface area contributed by atoms with Crippen molar-refractivity contribution in [2.75, 3.05) is 65.4 Å². The summed E-state index contributed by atoms with van der Waals surface area (Å²) in [6.07, 6.45) is 13.5. The van der Waals surface area contributed by atoms with Crippen molar-refractivity contribution < 1.29 is 39.2 Å². The molecule has 10 atom stereocenters. The van der Waals surface area contributed by atoms with Crippen molar-refractivity contribution in [3.05, 3.63) is 70.9 Å². The Morgan fingerprint density at radius 2 is 1.65 bits per heavy atom. The van der Waals surface area contributed by atoms with Gasteiger partial charge in [0.1, 0.15) is 23.1 Å². The van der Waals surface area contributed by atoms with Gasteiger partial charge in [0.25, 0.3) is 5.91 Å². The Morgan fingerprint density at radius 1 is 0.913 bits per heavy atom. The van der Waals surface area contributed by atoms with Crippen LogP contribution in [0.5, 0.6) is 5.75 Å². The number of ketones is 1. The number of nitrogens with one attached hydrogen (secondary N) is 2. The van der Waals surface area contributed by atoms with E-state index in [0.29, 0.717) is 82.4 Å². The standard InChI is InChI=1S/C56H75N5O8/c1-7-52(66)30-36-31-55(49(65)69-6,44-38(15-26-60(32-36)34-52)37-12-9-10-13-41(37)58-44)40-28-39-42(29-43(40)68-5)59(4)46-54(39)24-27-61-25-11-16-53(8-2,45(54)61)47(63)56(46,67)48(64)57-33-51-21-18-50(19-22-51,20-23-51)17-14-35(3)62/h9-13,16,28-29,36,45-47,58,63,66-67H,7-8,14-15,17-27,30-34H2,1-6H3,(H,57,64)/t36?,45?,46?,47-,50?,51?,52+,53-,54?,55+,56+/m1/s1. The van der Waals surface area contributed by atoms with Crippen LogP contribution in [0.4, 0.5) is 5.69 Å². The third-order valence-electron chi connectivity index (χ3n) is 20.4. The lowest BCUT2D eigenvalue weighted by Gasteiger charge is -2.63. The third-order valence-corrected chi connectivity index (χ3v) is 20.4. The number of aliphatic hydroxyl groups is 3. The number of fused-ring (bicyclic) bond motifs is 9. The largest absolute Gasteiger partial charge is 0.496 e. The topological polar surface area (TPSA) is 168 Å². The van der Waals surface area contributed by atoms with E-state index < -0.39 is 51.5 Å². The van der Waals surface area contributed by atoms with Crippen LogP contribution >= 0.6 is 0 Å². The molecule has 4 bridgehead atoms. The first-order valence-electron chi connectivity index (χ1n) is 26.2. The van der Waals surface area contributed by atoms with Crippen LogP contribution in [0.25, 0.3) is 10.9 Å². The molecule has 5 aliphatic heterocycles. The van der Waals surface area contributed by atoms with Crippen LogP contribution in [0.3, 0.4) is 0 Å². The molecule has 6 heterocycles. The number of aliphatic hydroxyl groups excluding tert-OH is 1. The fourth-order valence-corrected chi connectivity index (χ4v) is 16.9. The molecule has 5 N–H and O–H groups in total. The smallest absolute Gasteiger partial charge is 0.322 e. The maximum Gasteiger partial charge on any atom is 0.322 e. The minimum absolute atomic E-state index is 0.0896. The van der Waals surface area contributed by atoms with Gasteiger partial charge in [-0.15, -0.1) is 0 Å². The van der Waals surface area contributed by atoms with E-state index in [4.69, 9.17) is 9.47 Å². The first kappa shape index (κ1) is 47.1. The van der Waals surface area contributed by atoms with Gasteiger partial charge in [-0.1, -0.05) is 44.2 Å². The van der Waals surface area contributed by atoms with Gasteiger partial charge in [0, 0.05) is 97.0 Å². The lowest BCUT2D eigenvalue weighted by Crippen LogP contribution is -2.82. The van der Waals surface area contributed by atoms with E-state index in [1.807, 2.05) is 37.1 Å². The Morgan fingerprint density at radius 3 is 2.35 bits per heavy atom. The number of ether oxygens (including phenoxy) is 2. The second kappa shape index (κ2) is 16.4. The van der Waals surface area contributed by atoms with Crippen LogP contribution in [0, 0.1) is 22.2 Å². The van der Waals surface area contributed by atoms with E-state index in [1.165, 1.54) is 7.11 Å². The summed E-state index contributed by atoms with van der Waals surface area (Å²) in [5.74, 6) is -0.319. The van der Waals surface area contributed by atoms with Crippen LogP contribution in [-0.4, -0.2) is 138 Å². The zero-order valence-corrected chi connectivity index (χ0v) is 41.8. The van der Waals surface area contributed by atoms with Crippen LogP contribution in [0.1, 0.15) is 127 Å². The fourth-order valence-electron chi connectivity index (χ4n) is 16.9. The molecule has 1 aromatic heterocycles. The molecule has 372 valence electrons. The first-order chi connectivity index (χ1) is 33.0. The number of methoxy groups -OCH3 is 2. The van der Waals surface area contributed by atoms with Gasteiger partial charge in [-0.2, -0.15) is 0 Å². The summed E-state index contributed by atoms with van der Waals surface area (Å²) in [7, 11) is 5.04. The van der Waals surface area contributed by atoms with E-state index in [0.717, 1.165) is 91.4 Å². The number of amides is 1. The van der Waals surface area contributed by atoms with Gasteiger partial charge >= 0.3 is 5.97 Å². The number of aromatic nitrogens is 1. The van der Waals surface area contributed by atoms with Gasteiger partial charge in [0.2, 0.25) is 0 Å². The second-order valence-electron chi connectivity index (χ2n) is 23.5. The summed E-state index contributed by atoms with van der Waals surface area (Å²) >= 11 is 0. The van der Waals surface area contributed by atoms with Gasteiger partial charge in [0.15, 0.2) is 5.60 Å². The van der Waals surface area contributed by atoms with Gasteiger partial charge in [-0.25, -0.2) is 0 Å². The number of hydrogen-bond donors (Lipinski definition) is 5. The highest BCUT2D eigenvalue weighted by Gasteiger charge is 2.79. The molecule has 2 saturated heterocycles.